The van der Waals surface area contributed by atoms with Crippen LogP contribution in [0.25, 0.3) is 31.6 Å². The summed E-state index contributed by atoms with van der Waals surface area (Å²) in [5, 5.41) is 8.25. The van der Waals surface area contributed by atoms with Gasteiger partial charge in [0.15, 0.2) is 0 Å². The van der Waals surface area contributed by atoms with E-state index in [0.717, 1.165) is 37.1 Å². The van der Waals surface area contributed by atoms with E-state index in [9.17, 15) is 4.79 Å². The van der Waals surface area contributed by atoms with Gasteiger partial charge in [-0.15, -0.1) is 11.3 Å². The predicted octanol–water partition coefficient (Wildman–Crippen LogP) is 4.18. The van der Waals surface area contributed by atoms with Gasteiger partial charge in [0.1, 0.15) is 6.10 Å². The second-order valence-electron chi connectivity index (χ2n) is 8.35. The first-order valence-corrected chi connectivity index (χ1v) is 11.9. The Morgan fingerprint density at radius 2 is 2.17 bits per heavy atom. The summed E-state index contributed by atoms with van der Waals surface area (Å²) in [6.45, 7) is 1.93. The molecule has 4 heterocycles. The van der Waals surface area contributed by atoms with Crippen molar-refractivity contribution < 1.29 is 14.3 Å². The summed E-state index contributed by atoms with van der Waals surface area (Å²) in [5.41, 5.74) is 10.7. The van der Waals surface area contributed by atoms with Gasteiger partial charge < -0.3 is 20.1 Å². The minimum atomic E-state index is -0.422. The Morgan fingerprint density at radius 1 is 1.26 bits per heavy atom. The third-order valence-electron chi connectivity index (χ3n) is 6.13. The number of anilines is 2. The SMILES string of the molecule is COC(=O)c1cc(N)cc(-c2cc3nc(N4CCOC(c5cccc6[nH]ncc56)C4)ncc3s2)c1. The molecule has 0 spiro atoms. The molecule has 176 valence electrons. The van der Waals surface area contributed by atoms with E-state index in [0.29, 0.717) is 36.9 Å². The molecule has 0 saturated carbocycles. The molecule has 9 nitrogen and oxygen atoms in total. The zero-order chi connectivity index (χ0) is 23.9. The highest BCUT2D eigenvalue weighted by Crippen LogP contribution is 2.35. The van der Waals surface area contributed by atoms with Crippen LogP contribution in [0, 0.1) is 0 Å². The Labute approximate surface area is 204 Å². The summed E-state index contributed by atoms with van der Waals surface area (Å²) in [4.78, 5) is 24.6. The topological polar surface area (TPSA) is 119 Å². The van der Waals surface area contributed by atoms with Crippen LogP contribution in [-0.2, 0) is 9.47 Å². The Morgan fingerprint density at radius 3 is 3.06 bits per heavy atom. The molecule has 2 aromatic carbocycles. The van der Waals surface area contributed by atoms with Gasteiger partial charge >= 0.3 is 5.97 Å². The fourth-order valence-corrected chi connectivity index (χ4v) is 5.40. The molecule has 10 heteroatoms. The molecule has 0 radical (unpaired) electrons. The summed E-state index contributed by atoms with van der Waals surface area (Å²) < 4.78 is 11.9. The summed E-state index contributed by atoms with van der Waals surface area (Å²) in [7, 11) is 1.35. The van der Waals surface area contributed by atoms with E-state index >= 15 is 0 Å². The molecule has 1 aliphatic heterocycles. The van der Waals surface area contributed by atoms with Gasteiger partial charge in [-0.2, -0.15) is 5.10 Å². The van der Waals surface area contributed by atoms with Crippen molar-refractivity contribution in [3.63, 3.8) is 0 Å². The maximum absolute atomic E-state index is 12.0. The number of nitrogen functional groups attached to an aromatic ring is 1. The number of nitrogens with zero attached hydrogens (tertiary/aromatic N) is 4. The van der Waals surface area contributed by atoms with E-state index < -0.39 is 5.97 Å². The minimum absolute atomic E-state index is 0.105. The van der Waals surface area contributed by atoms with Crippen molar-refractivity contribution in [3.8, 4) is 10.4 Å². The molecule has 6 rings (SSSR count). The number of ether oxygens (including phenoxy) is 2. The average molecular weight is 487 g/mol. The molecule has 5 aromatic rings. The molecule has 1 atom stereocenters. The minimum Gasteiger partial charge on any atom is -0.465 e. The standard InChI is InChI=1S/C25H22N6O3S/c1-33-24(32)15-7-14(8-16(26)9-15)22-10-20-23(35-22)12-27-25(29-20)31-5-6-34-21(13-31)17-3-2-4-19-18(17)11-28-30-19/h2-4,7-12,21H,5-6,13,26H2,1H3,(H,28,30). The monoisotopic (exact) mass is 486 g/mol. The molecular weight excluding hydrogens is 464 g/mol. The molecular formula is C25H22N6O3S. The molecule has 3 aromatic heterocycles. The third-order valence-corrected chi connectivity index (χ3v) is 7.24. The van der Waals surface area contributed by atoms with Crippen LogP contribution < -0.4 is 10.6 Å². The van der Waals surface area contributed by atoms with Crippen molar-refractivity contribution in [2.45, 2.75) is 6.10 Å². The maximum Gasteiger partial charge on any atom is 0.337 e. The van der Waals surface area contributed by atoms with E-state index in [4.69, 9.17) is 20.2 Å². The van der Waals surface area contributed by atoms with Crippen molar-refractivity contribution >= 4 is 50.1 Å². The molecule has 1 saturated heterocycles. The summed E-state index contributed by atoms with van der Waals surface area (Å²) in [6.07, 6.45) is 3.58. The number of morpholine rings is 1. The van der Waals surface area contributed by atoms with Gasteiger partial charge in [0, 0.05) is 22.5 Å². The Hall–Kier alpha value is -4.02. The molecule has 0 amide bonds. The van der Waals surface area contributed by atoms with Gasteiger partial charge in [-0.1, -0.05) is 12.1 Å². The average Bonchev–Trinajstić information content (AvgIpc) is 3.54. The number of hydrogen-bond donors (Lipinski definition) is 2. The van der Waals surface area contributed by atoms with Crippen molar-refractivity contribution in [2.75, 3.05) is 37.4 Å². The van der Waals surface area contributed by atoms with Crippen LogP contribution in [0.3, 0.4) is 0 Å². The second kappa shape index (κ2) is 8.64. The predicted molar refractivity (Wildman–Crippen MR) is 136 cm³/mol. The third kappa shape index (κ3) is 3.96. The lowest BCUT2D eigenvalue weighted by molar-refractivity contribution is 0.0402. The van der Waals surface area contributed by atoms with Gasteiger partial charge in [-0.3, -0.25) is 5.10 Å². The van der Waals surface area contributed by atoms with Crippen molar-refractivity contribution in [2.24, 2.45) is 0 Å². The fraction of sp³-hybridized carbons (Fsp3) is 0.200. The zero-order valence-electron chi connectivity index (χ0n) is 18.9. The quantitative estimate of drug-likeness (QED) is 0.287. The highest BCUT2D eigenvalue weighted by atomic mass is 32.1. The number of fused-ring (bicyclic) bond motifs is 2. The van der Waals surface area contributed by atoms with Crippen molar-refractivity contribution in [1.29, 1.82) is 0 Å². The number of nitrogens with one attached hydrogen (secondary N) is 1. The van der Waals surface area contributed by atoms with Crippen molar-refractivity contribution in [3.05, 3.63) is 66.0 Å². The van der Waals surface area contributed by atoms with E-state index in [1.165, 1.54) is 7.11 Å². The highest BCUT2D eigenvalue weighted by molar-refractivity contribution is 7.22. The second-order valence-corrected chi connectivity index (χ2v) is 9.43. The van der Waals surface area contributed by atoms with Crippen molar-refractivity contribution in [1.82, 2.24) is 20.2 Å². The maximum atomic E-state index is 12.0. The van der Waals surface area contributed by atoms with E-state index in [1.54, 1.807) is 23.5 Å². The lowest BCUT2D eigenvalue weighted by Crippen LogP contribution is -2.39. The largest absolute Gasteiger partial charge is 0.465 e. The molecule has 35 heavy (non-hydrogen) atoms. The van der Waals surface area contributed by atoms with E-state index in [1.807, 2.05) is 36.7 Å². The van der Waals surface area contributed by atoms with Crippen LogP contribution in [0.1, 0.15) is 22.0 Å². The Kier molecular flexibility index (Phi) is 5.31. The number of hydrogen-bond acceptors (Lipinski definition) is 9. The van der Waals surface area contributed by atoms with Crippen LogP contribution in [-0.4, -0.2) is 52.9 Å². The Bertz CT molecular complexity index is 1560. The first kappa shape index (κ1) is 21.5. The van der Waals surface area contributed by atoms with Gasteiger partial charge in [0.05, 0.1) is 54.0 Å². The number of esters is 1. The summed E-state index contributed by atoms with van der Waals surface area (Å²) in [6, 6.07) is 13.3. The number of aromatic nitrogens is 4. The van der Waals surface area contributed by atoms with Crippen LogP contribution >= 0.6 is 11.3 Å². The number of benzene rings is 2. The van der Waals surface area contributed by atoms with Crippen LogP contribution in [0.4, 0.5) is 11.6 Å². The Balaban J connectivity index is 1.30. The lowest BCUT2D eigenvalue weighted by atomic mass is 10.0. The van der Waals surface area contributed by atoms with E-state index in [2.05, 4.69) is 26.1 Å². The number of nitrogens with two attached hydrogens (primary N) is 1. The highest BCUT2D eigenvalue weighted by Gasteiger charge is 2.26. The molecule has 3 N–H and O–H groups in total. The zero-order valence-corrected chi connectivity index (χ0v) is 19.7. The molecule has 0 aliphatic carbocycles. The molecule has 1 aliphatic rings. The number of carbonyl (C=O) groups is 1. The normalized spacial score (nSPS) is 16.1. The van der Waals surface area contributed by atoms with E-state index in [-0.39, 0.29) is 6.10 Å². The first-order valence-electron chi connectivity index (χ1n) is 11.1. The van der Waals surface area contributed by atoms with Crippen LogP contribution in [0.15, 0.2) is 54.9 Å². The van der Waals surface area contributed by atoms with Gasteiger partial charge in [-0.25, -0.2) is 14.8 Å². The van der Waals surface area contributed by atoms with Gasteiger partial charge in [-0.05, 0) is 41.5 Å². The fourth-order valence-electron chi connectivity index (χ4n) is 4.44. The number of rotatable bonds is 4. The molecule has 1 unspecified atom stereocenters. The first-order chi connectivity index (χ1) is 17.1. The van der Waals surface area contributed by atoms with Crippen LogP contribution in [0.2, 0.25) is 0 Å². The number of H-pyrrole nitrogens is 1. The van der Waals surface area contributed by atoms with Gasteiger partial charge in [0.2, 0.25) is 5.95 Å². The van der Waals surface area contributed by atoms with Gasteiger partial charge in [0.25, 0.3) is 0 Å². The number of methoxy groups -OCH3 is 1. The smallest absolute Gasteiger partial charge is 0.337 e. The summed E-state index contributed by atoms with van der Waals surface area (Å²) in [5.74, 6) is 0.243. The lowest BCUT2D eigenvalue weighted by Gasteiger charge is -2.33. The summed E-state index contributed by atoms with van der Waals surface area (Å²) >= 11 is 1.56. The van der Waals surface area contributed by atoms with Crippen LogP contribution in [0.5, 0.6) is 0 Å². The molecule has 1 fully saturated rings. The number of aromatic amines is 1. The number of thiophene rings is 1. The molecule has 0 bridgehead atoms. The number of carbonyl (C=O) groups excluding carboxylic acids is 1.